The molecule has 0 unspecified atom stereocenters. The second-order valence-electron chi connectivity index (χ2n) is 11.7. The van der Waals surface area contributed by atoms with Crippen molar-refractivity contribution >= 4 is 17.0 Å². The molecule has 0 bridgehead atoms. The molecule has 0 aliphatic rings. The minimum absolute atomic E-state index is 0.0114. The normalized spacial score (nSPS) is 11.4. The largest absolute Gasteiger partial charge is 0.489 e. The minimum atomic E-state index is -0.666. The second-order valence-corrected chi connectivity index (χ2v) is 11.7. The number of carbonyl (C=O) groups is 1. The molecule has 46 heavy (non-hydrogen) atoms. The fourth-order valence-corrected chi connectivity index (χ4v) is 4.97. The Balaban J connectivity index is 1.40. The van der Waals surface area contributed by atoms with Crippen molar-refractivity contribution in [3.63, 3.8) is 0 Å². The van der Waals surface area contributed by atoms with Crippen LogP contribution in [0.2, 0.25) is 0 Å². The van der Waals surface area contributed by atoms with Gasteiger partial charge in [0.25, 0.3) is 0 Å². The van der Waals surface area contributed by atoms with Crippen LogP contribution in [0.15, 0.2) is 72.8 Å². The third kappa shape index (κ3) is 7.38. The van der Waals surface area contributed by atoms with E-state index in [0.717, 1.165) is 18.2 Å². The standard InChI is InChI=1S/C36H32F3N3O4/c1-36(2,3)46-35(43)24-10-11-32-33(17-24)42(12-13-44-4)34(41-32)18-26-16-31(39)28(19-30(26)38)23-6-5-7-27(15-23)45-21-25-9-8-22(20-40)14-29(25)37/h5-11,14-17,19H,12-13,18,21H2,1-4H3. The molecule has 10 heteroatoms. The van der Waals surface area contributed by atoms with Crippen LogP contribution in [0, 0.1) is 28.8 Å². The fraction of sp³-hybridized carbons (Fsp3) is 0.250. The van der Waals surface area contributed by atoms with E-state index in [4.69, 9.17) is 19.5 Å². The molecule has 5 aromatic rings. The van der Waals surface area contributed by atoms with Gasteiger partial charge in [-0.05, 0) is 86.5 Å². The first-order chi connectivity index (χ1) is 22.0. The van der Waals surface area contributed by atoms with E-state index in [-0.39, 0.29) is 35.3 Å². The molecule has 0 spiro atoms. The summed E-state index contributed by atoms with van der Waals surface area (Å²) in [6.45, 7) is 5.96. The van der Waals surface area contributed by atoms with E-state index in [1.165, 1.54) is 12.1 Å². The highest BCUT2D eigenvalue weighted by atomic mass is 19.1. The number of methoxy groups -OCH3 is 1. The Morgan fingerprint density at radius 3 is 2.43 bits per heavy atom. The molecule has 0 atom stereocenters. The summed E-state index contributed by atoms with van der Waals surface area (Å²) in [4.78, 5) is 17.4. The van der Waals surface area contributed by atoms with Crippen molar-refractivity contribution in [2.45, 2.75) is 45.9 Å². The van der Waals surface area contributed by atoms with E-state index < -0.39 is 29.0 Å². The lowest BCUT2D eigenvalue weighted by molar-refractivity contribution is 0.00696. The molecule has 4 aromatic carbocycles. The topological polar surface area (TPSA) is 86.4 Å². The quantitative estimate of drug-likeness (QED) is 0.147. The molecule has 7 nitrogen and oxygen atoms in total. The van der Waals surface area contributed by atoms with Gasteiger partial charge < -0.3 is 18.8 Å². The SMILES string of the molecule is COCCn1c(Cc2cc(F)c(-c3cccc(OCc4ccc(C#N)cc4F)c3)cc2F)nc2ccc(C(=O)OC(C)(C)C)cc21. The van der Waals surface area contributed by atoms with Crippen molar-refractivity contribution in [3.05, 3.63) is 118 Å². The average Bonchev–Trinajstić information content (AvgIpc) is 3.36. The van der Waals surface area contributed by atoms with Gasteiger partial charge in [0.15, 0.2) is 0 Å². The molecular weight excluding hydrogens is 595 g/mol. The maximum Gasteiger partial charge on any atom is 0.338 e. The summed E-state index contributed by atoms with van der Waals surface area (Å²) in [5.41, 5.74) is 1.88. The van der Waals surface area contributed by atoms with Crippen LogP contribution in [0.25, 0.3) is 22.2 Å². The lowest BCUT2D eigenvalue weighted by Gasteiger charge is -2.19. The van der Waals surface area contributed by atoms with Crippen LogP contribution in [-0.4, -0.2) is 34.8 Å². The smallest absolute Gasteiger partial charge is 0.338 e. The molecule has 0 N–H and O–H groups in total. The summed E-state index contributed by atoms with van der Waals surface area (Å²) >= 11 is 0. The third-order valence-corrected chi connectivity index (χ3v) is 7.19. The molecular formula is C36H32F3N3O4. The molecule has 0 saturated carbocycles. The number of fused-ring (bicyclic) bond motifs is 1. The number of carbonyl (C=O) groups excluding carboxylic acids is 1. The summed E-state index contributed by atoms with van der Waals surface area (Å²) in [5.74, 6) is -1.50. The number of ether oxygens (including phenoxy) is 3. The summed E-state index contributed by atoms with van der Waals surface area (Å²) in [6, 6.07) is 19.7. The number of hydrogen-bond acceptors (Lipinski definition) is 6. The van der Waals surface area contributed by atoms with Crippen molar-refractivity contribution in [3.8, 4) is 22.9 Å². The molecule has 1 heterocycles. The highest BCUT2D eigenvalue weighted by Crippen LogP contribution is 2.30. The van der Waals surface area contributed by atoms with Gasteiger partial charge in [-0.2, -0.15) is 5.26 Å². The van der Waals surface area contributed by atoms with Gasteiger partial charge in [-0.15, -0.1) is 0 Å². The number of esters is 1. The van der Waals surface area contributed by atoms with E-state index in [1.54, 1.807) is 70.3 Å². The zero-order valence-electron chi connectivity index (χ0n) is 25.9. The Bertz CT molecular complexity index is 1960. The van der Waals surface area contributed by atoms with Gasteiger partial charge >= 0.3 is 5.97 Å². The van der Waals surface area contributed by atoms with Crippen LogP contribution in [0.3, 0.4) is 0 Å². The van der Waals surface area contributed by atoms with E-state index in [0.29, 0.717) is 46.9 Å². The first-order valence-electron chi connectivity index (χ1n) is 14.6. The van der Waals surface area contributed by atoms with Crippen molar-refractivity contribution in [1.82, 2.24) is 9.55 Å². The summed E-state index contributed by atoms with van der Waals surface area (Å²) in [5, 5.41) is 8.93. The van der Waals surface area contributed by atoms with E-state index >= 15 is 8.78 Å². The van der Waals surface area contributed by atoms with Crippen molar-refractivity contribution in [2.24, 2.45) is 0 Å². The molecule has 0 radical (unpaired) electrons. The van der Waals surface area contributed by atoms with Crippen LogP contribution in [-0.2, 0) is 29.0 Å². The number of hydrogen-bond donors (Lipinski definition) is 0. The highest BCUT2D eigenvalue weighted by molar-refractivity contribution is 5.94. The van der Waals surface area contributed by atoms with E-state index in [2.05, 4.69) is 4.98 Å². The highest BCUT2D eigenvalue weighted by Gasteiger charge is 2.21. The number of halogens is 3. The molecule has 0 amide bonds. The number of nitriles is 1. The van der Waals surface area contributed by atoms with Crippen LogP contribution in [0.1, 0.15) is 53.6 Å². The van der Waals surface area contributed by atoms with E-state index in [9.17, 15) is 9.18 Å². The van der Waals surface area contributed by atoms with Gasteiger partial charge in [-0.25, -0.2) is 22.9 Å². The maximum atomic E-state index is 15.6. The zero-order chi connectivity index (χ0) is 33.0. The van der Waals surface area contributed by atoms with E-state index in [1.807, 2.05) is 10.6 Å². The summed E-state index contributed by atoms with van der Waals surface area (Å²) in [6.07, 6.45) is -0.0114. The first-order valence-corrected chi connectivity index (χ1v) is 14.6. The Morgan fingerprint density at radius 1 is 0.935 bits per heavy atom. The average molecular weight is 628 g/mol. The van der Waals surface area contributed by atoms with Gasteiger partial charge in [0.2, 0.25) is 0 Å². The van der Waals surface area contributed by atoms with Crippen LogP contribution >= 0.6 is 0 Å². The molecule has 0 fully saturated rings. The predicted molar refractivity (Wildman–Crippen MR) is 167 cm³/mol. The summed E-state index contributed by atoms with van der Waals surface area (Å²) < 4.78 is 63.7. The van der Waals surface area contributed by atoms with Gasteiger partial charge in [0.05, 0.1) is 34.8 Å². The maximum absolute atomic E-state index is 15.6. The van der Waals surface area contributed by atoms with Crippen LogP contribution in [0.5, 0.6) is 5.75 Å². The predicted octanol–water partition coefficient (Wildman–Crippen LogP) is 7.76. The molecule has 0 aliphatic carbocycles. The second kappa shape index (κ2) is 13.5. The number of nitrogens with zero attached hydrogens (tertiary/aromatic N) is 3. The van der Waals surface area contributed by atoms with Gasteiger partial charge in [0, 0.05) is 31.2 Å². The van der Waals surface area contributed by atoms with Crippen LogP contribution < -0.4 is 4.74 Å². The van der Waals surface area contributed by atoms with Gasteiger partial charge in [0.1, 0.15) is 41.2 Å². The Kier molecular flexibility index (Phi) is 9.44. The van der Waals surface area contributed by atoms with Crippen molar-refractivity contribution in [1.29, 1.82) is 5.26 Å². The number of benzene rings is 4. The first kappa shape index (κ1) is 32.3. The lowest BCUT2D eigenvalue weighted by atomic mass is 10.0. The summed E-state index contributed by atoms with van der Waals surface area (Å²) in [7, 11) is 1.56. The zero-order valence-corrected chi connectivity index (χ0v) is 25.9. The Morgan fingerprint density at radius 2 is 1.72 bits per heavy atom. The van der Waals surface area contributed by atoms with Crippen molar-refractivity contribution in [2.75, 3.05) is 13.7 Å². The molecule has 5 rings (SSSR count). The monoisotopic (exact) mass is 627 g/mol. The lowest BCUT2D eigenvalue weighted by Crippen LogP contribution is -2.23. The Hall–Kier alpha value is -5.14. The van der Waals surface area contributed by atoms with Gasteiger partial charge in [-0.3, -0.25) is 0 Å². The number of rotatable bonds is 10. The molecule has 1 aromatic heterocycles. The number of imidazole rings is 1. The minimum Gasteiger partial charge on any atom is -0.489 e. The third-order valence-electron chi connectivity index (χ3n) is 7.19. The van der Waals surface area contributed by atoms with Crippen molar-refractivity contribution < 1.29 is 32.2 Å². The van der Waals surface area contributed by atoms with Gasteiger partial charge in [-0.1, -0.05) is 18.2 Å². The molecule has 0 aliphatic heterocycles. The molecule has 236 valence electrons. The van der Waals surface area contributed by atoms with Crippen LogP contribution in [0.4, 0.5) is 13.2 Å². The number of aromatic nitrogens is 2. The molecule has 0 saturated heterocycles. The Labute approximate surface area is 264 Å². The fourth-order valence-electron chi connectivity index (χ4n) is 4.97.